The topological polar surface area (TPSA) is 32.3 Å². The molecule has 29 heavy (non-hydrogen) atoms. The fourth-order valence-electron chi connectivity index (χ4n) is 3.92. The van der Waals surface area contributed by atoms with Gasteiger partial charge in [-0.05, 0) is 66.1 Å². The highest BCUT2D eigenvalue weighted by Gasteiger charge is 2.12. The number of likely N-dealkylation sites (tertiary alicyclic amines) is 1. The second-order valence-corrected chi connectivity index (χ2v) is 8.73. The molecule has 0 atom stereocenters. The first-order valence-corrected chi connectivity index (χ1v) is 11.3. The average molecular weight is 405 g/mol. The van der Waals surface area contributed by atoms with E-state index in [4.69, 9.17) is 0 Å². The van der Waals surface area contributed by atoms with Crippen LogP contribution < -0.4 is 5.32 Å². The fraction of sp³-hybridized carbons (Fsp3) is 0.320. The maximum absolute atomic E-state index is 12.3. The maximum Gasteiger partial charge on any atom is 0.220 e. The van der Waals surface area contributed by atoms with E-state index in [1.165, 1.54) is 47.5 Å². The van der Waals surface area contributed by atoms with Crippen LogP contribution in [0.25, 0.3) is 11.1 Å². The molecular weight excluding hydrogens is 376 g/mol. The minimum Gasteiger partial charge on any atom is -0.352 e. The maximum atomic E-state index is 12.3. The number of carbonyl (C=O) groups excluding carboxylic acids is 1. The molecule has 4 heteroatoms. The standard InChI is InChI=1S/C25H28N2OS/c28-25(14-13-23-7-5-17-29-23)26-18-22-6-1-2-8-24(22)21-11-9-20(10-12-21)19-27-15-3-4-16-27/h1-2,5-12,17H,3-4,13-16,18-19H2,(H,26,28). The Morgan fingerprint density at radius 1 is 0.966 bits per heavy atom. The summed E-state index contributed by atoms with van der Waals surface area (Å²) in [5.74, 6) is 0.106. The van der Waals surface area contributed by atoms with Gasteiger partial charge in [0.1, 0.15) is 0 Å². The van der Waals surface area contributed by atoms with Crippen molar-refractivity contribution < 1.29 is 4.79 Å². The second kappa shape index (κ2) is 9.86. The van der Waals surface area contributed by atoms with Gasteiger partial charge < -0.3 is 5.32 Å². The second-order valence-electron chi connectivity index (χ2n) is 7.69. The molecule has 2 heterocycles. The Bertz CT molecular complexity index is 912. The van der Waals surface area contributed by atoms with Gasteiger partial charge in [0.25, 0.3) is 0 Å². The SMILES string of the molecule is O=C(CCc1cccs1)NCc1ccccc1-c1ccc(CN2CCCC2)cc1. The van der Waals surface area contributed by atoms with Crippen molar-refractivity contribution in [3.05, 3.63) is 82.0 Å². The molecule has 0 bridgehead atoms. The molecule has 2 aromatic carbocycles. The Hall–Kier alpha value is -2.43. The van der Waals surface area contributed by atoms with Gasteiger partial charge in [-0.25, -0.2) is 0 Å². The van der Waals surface area contributed by atoms with E-state index in [2.05, 4.69) is 64.1 Å². The van der Waals surface area contributed by atoms with Crippen LogP contribution in [0.3, 0.4) is 0 Å². The van der Waals surface area contributed by atoms with E-state index in [9.17, 15) is 4.79 Å². The summed E-state index contributed by atoms with van der Waals surface area (Å²) in [5, 5.41) is 5.15. The first-order valence-electron chi connectivity index (χ1n) is 10.5. The van der Waals surface area contributed by atoms with Gasteiger partial charge in [-0.2, -0.15) is 0 Å². The first kappa shape index (κ1) is 19.9. The molecule has 4 rings (SSSR count). The number of aryl methyl sites for hydroxylation is 1. The van der Waals surface area contributed by atoms with Crippen LogP contribution in [-0.2, 0) is 24.3 Å². The van der Waals surface area contributed by atoms with Crippen molar-refractivity contribution in [1.29, 1.82) is 0 Å². The lowest BCUT2D eigenvalue weighted by Crippen LogP contribution is -2.23. The summed E-state index contributed by atoms with van der Waals surface area (Å²) >= 11 is 1.71. The Morgan fingerprint density at radius 2 is 1.76 bits per heavy atom. The van der Waals surface area contributed by atoms with Gasteiger partial charge in [0, 0.05) is 24.4 Å². The smallest absolute Gasteiger partial charge is 0.220 e. The molecule has 0 radical (unpaired) electrons. The third kappa shape index (κ3) is 5.55. The number of nitrogens with one attached hydrogen (secondary N) is 1. The third-order valence-electron chi connectivity index (χ3n) is 5.54. The number of benzene rings is 2. The van der Waals surface area contributed by atoms with Crippen LogP contribution in [0, 0.1) is 0 Å². The largest absolute Gasteiger partial charge is 0.352 e. The number of amides is 1. The van der Waals surface area contributed by atoms with E-state index in [0.29, 0.717) is 13.0 Å². The van der Waals surface area contributed by atoms with Crippen molar-refractivity contribution >= 4 is 17.2 Å². The van der Waals surface area contributed by atoms with Crippen LogP contribution in [-0.4, -0.2) is 23.9 Å². The molecule has 1 aromatic heterocycles. The summed E-state index contributed by atoms with van der Waals surface area (Å²) in [6.45, 7) is 4.05. The van der Waals surface area contributed by atoms with E-state index in [0.717, 1.165) is 18.5 Å². The van der Waals surface area contributed by atoms with Gasteiger partial charge in [0.05, 0.1) is 0 Å². The van der Waals surface area contributed by atoms with Crippen molar-refractivity contribution in [2.24, 2.45) is 0 Å². The minimum atomic E-state index is 0.106. The molecule has 1 saturated heterocycles. The van der Waals surface area contributed by atoms with Crippen molar-refractivity contribution in [2.45, 2.75) is 38.8 Å². The van der Waals surface area contributed by atoms with Crippen LogP contribution in [0.15, 0.2) is 66.0 Å². The summed E-state index contributed by atoms with van der Waals surface area (Å²) in [4.78, 5) is 16.0. The van der Waals surface area contributed by atoms with E-state index < -0.39 is 0 Å². The van der Waals surface area contributed by atoms with Crippen LogP contribution >= 0.6 is 11.3 Å². The highest BCUT2D eigenvalue weighted by Crippen LogP contribution is 2.25. The van der Waals surface area contributed by atoms with Gasteiger partial charge in [-0.1, -0.05) is 54.6 Å². The van der Waals surface area contributed by atoms with Gasteiger partial charge in [-0.15, -0.1) is 11.3 Å². The number of rotatable bonds is 8. The lowest BCUT2D eigenvalue weighted by Gasteiger charge is -2.15. The van der Waals surface area contributed by atoms with E-state index >= 15 is 0 Å². The first-order chi connectivity index (χ1) is 14.3. The molecular formula is C25H28N2OS. The Morgan fingerprint density at radius 3 is 2.52 bits per heavy atom. The molecule has 0 spiro atoms. The number of hydrogen-bond acceptors (Lipinski definition) is 3. The normalized spacial score (nSPS) is 14.2. The number of nitrogens with zero attached hydrogens (tertiary/aromatic N) is 1. The number of hydrogen-bond donors (Lipinski definition) is 1. The quantitative estimate of drug-likeness (QED) is 0.555. The molecule has 0 unspecified atom stereocenters. The van der Waals surface area contributed by atoms with E-state index in [-0.39, 0.29) is 5.91 Å². The Labute approximate surface area is 177 Å². The van der Waals surface area contributed by atoms with E-state index in [1.807, 2.05) is 12.1 Å². The molecule has 150 valence electrons. The van der Waals surface area contributed by atoms with Gasteiger partial charge in [0.2, 0.25) is 5.91 Å². The van der Waals surface area contributed by atoms with Crippen LogP contribution in [0.4, 0.5) is 0 Å². The molecule has 1 amide bonds. The summed E-state index contributed by atoms with van der Waals surface area (Å²) < 4.78 is 0. The summed E-state index contributed by atoms with van der Waals surface area (Å²) in [5.41, 5.74) is 4.93. The van der Waals surface area contributed by atoms with Crippen molar-refractivity contribution in [3.63, 3.8) is 0 Å². The lowest BCUT2D eigenvalue weighted by atomic mass is 9.98. The zero-order valence-corrected chi connectivity index (χ0v) is 17.6. The molecule has 3 aromatic rings. The molecule has 3 nitrogen and oxygen atoms in total. The summed E-state index contributed by atoms with van der Waals surface area (Å²) in [6.07, 6.45) is 3.99. The minimum absolute atomic E-state index is 0.106. The Balaban J connectivity index is 1.36. The van der Waals surface area contributed by atoms with Crippen molar-refractivity contribution in [3.8, 4) is 11.1 Å². The van der Waals surface area contributed by atoms with Gasteiger partial charge >= 0.3 is 0 Å². The average Bonchev–Trinajstić information content (AvgIpc) is 3.46. The van der Waals surface area contributed by atoms with Crippen LogP contribution in [0.2, 0.25) is 0 Å². The molecule has 1 N–H and O–H groups in total. The predicted molar refractivity (Wildman–Crippen MR) is 121 cm³/mol. The van der Waals surface area contributed by atoms with Gasteiger partial charge in [0.15, 0.2) is 0 Å². The van der Waals surface area contributed by atoms with Crippen molar-refractivity contribution in [2.75, 3.05) is 13.1 Å². The monoisotopic (exact) mass is 404 g/mol. The highest BCUT2D eigenvalue weighted by atomic mass is 32.1. The third-order valence-corrected chi connectivity index (χ3v) is 6.48. The van der Waals surface area contributed by atoms with E-state index in [1.54, 1.807) is 11.3 Å². The Kier molecular flexibility index (Phi) is 6.75. The number of thiophene rings is 1. The highest BCUT2D eigenvalue weighted by molar-refractivity contribution is 7.09. The molecule has 1 aliphatic rings. The molecule has 0 saturated carbocycles. The number of carbonyl (C=O) groups is 1. The zero-order valence-electron chi connectivity index (χ0n) is 16.8. The van der Waals surface area contributed by atoms with Crippen LogP contribution in [0.1, 0.15) is 35.3 Å². The molecule has 1 aliphatic heterocycles. The lowest BCUT2D eigenvalue weighted by molar-refractivity contribution is -0.121. The zero-order chi connectivity index (χ0) is 19.9. The predicted octanol–water partition coefficient (Wildman–Crippen LogP) is 5.26. The summed E-state index contributed by atoms with van der Waals surface area (Å²) in [7, 11) is 0. The molecule has 0 aliphatic carbocycles. The van der Waals surface area contributed by atoms with Gasteiger partial charge in [-0.3, -0.25) is 9.69 Å². The fourth-order valence-corrected chi connectivity index (χ4v) is 4.63. The summed E-state index contributed by atoms with van der Waals surface area (Å²) in [6, 6.07) is 21.4. The van der Waals surface area contributed by atoms with Crippen molar-refractivity contribution in [1.82, 2.24) is 10.2 Å². The molecule has 1 fully saturated rings. The van der Waals surface area contributed by atoms with Crippen LogP contribution in [0.5, 0.6) is 0 Å².